The molecule has 1 aliphatic heterocycles. The number of fused-ring (bicyclic) bond motifs is 1. The van der Waals surface area contributed by atoms with Crippen molar-refractivity contribution in [1.82, 2.24) is 0 Å². The van der Waals surface area contributed by atoms with Gasteiger partial charge in [0.1, 0.15) is 29.1 Å². The molecule has 3 rings (SSSR count). The van der Waals surface area contributed by atoms with Gasteiger partial charge in [-0.05, 0) is 18.6 Å². The van der Waals surface area contributed by atoms with Gasteiger partial charge in [-0.25, -0.2) is 0 Å². The molecule has 5 nitrogen and oxygen atoms in total. The van der Waals surface area contributed by atoms with Crippen LogP contribution in [0.5, 0.6) is 17.2 Å². The zero-order chi connectivity index (χ0) is 14.3. The molecule has 20 heavy (non-hydrogen) atoms. The van der Waals surface area contributed by atoms with Gasteiger partial charge in [-0.2, -0.15) is 0 Å². The summed E-state index contributed by atoms with van der Waals surface area (Å²) in [6, 6.07) is 2.50. The third-order valence-electron chi connectivity index (χ3n) is 3.52. The van der Waals surface area contributed by atoms with E-state index < -0.39 is 6.10 Å². The number of phenolic OH excluding ortho intramolecular Hbond substituents is 2. The highest BCUT2D eigenvalue weighted by Crippen LogP contribution is 2.45. The van der Waals surface area contributed by atoms with Crippen LogP contribution in [0, 0.1) is 5.92 Å². The van der Waals surface area contributed by atoms with E-state index in [9.17, 15) is 20.4 Å². The molecule has 0 saturated carbocycles. The van der Waals surface area contributed by atoms with Crippen LogP contribution in [-0.4, -0.2) is 20.4 Å². The summed E-state index contributed by atoms with van der Waals surface area (Å²) < 4.78 is 5.39. The van der Waals surface area contributed by atoms with Crippen LogP contribution >= 0.6 is 0 Å². The Kier molecular flexibility index (Phi) is 2.91. The van der Waals surface area contributed by atoms with Gasteiger partial charge in [0.25, 0.3) is 0 Å². The Morgan fingerprint density at radius 3 is 2.65 bits per heavy atom. The van der Waals surface area contributed by atoms with Crippen LogP contribution in [0.4, 0.5) is 0 Å². The summed E-state index contributed by atoms with van der Waals surface area (Å²) in [6.45, 7) is 0. The van der Waals surface area contributed by atoms with Crippen molar-refractivity contribution in [2.24, 2.45) is 5.92 Å². The summed E-state index contributed by atoms with van der Waals surface area (Å²) in [5.41, 5.74) is 0.839. The normalized spacial score (nSPS) is 24.4. The Balaban J connectivity index is 1.94. The third kappa shape index (κ3) is 2.02. The van der Waals surface area contributed by atoms with Crippen LogP contribution < -0.4 is 4.74 Å². The van der Waals surface area contributed by atoms with Crippen molar-refractivity contribution in [3.8, 4) is 17.2 Å². The molecule has 0 bridgehead atoms. The highest BCUT2D eigenvalue weighted by molar-refractivity contribution is 5.55. The molecule has 2 atom stereocenters. The van der Waals surface area contributed by atoms with Gasteiger partial charge in [-0.1, -0.05) is 6.08 Å². The van der Waals surface area contributed by atoms with Crippen molar-refractivity contribution in [3.63, 3.8) is 0 Å². The van der Waals surface area contributed by atoms with Gasteiger partial charge in [0.15, 0.2) is 0 Å². The molecule has 1 aliphatic carbocycles. The van der Waals surface area contributed by atoms with Crippen LogP contribution in [0.1, 0.15) is 18.1 Å². The number of benzene rings is 1. The third-order valence-corrected chi connectivity index (χ3v) is 3.52. The predicted octanol–water partition coefficient (Wildman–Crippen LogP) is 2.43. The first-order chi connectivity index (χ1) is 9.56. The molecule has 4 N–H and O–H groups in total. The molecule has 5 heteroatoms. The van der Waals surface area contributed by atoms with Crippen molar-refractivity contribution in [2.75, 3.05) is 0 Å². The number of rotatable bonds is 1. The molecule has 0 amide bonds. The number of aromatic hydroxyl groups is 2. The smallest absolute Gasteiger partial charge is 0.140 e. The van der Waals surface area contributed by atoms with Crippen molar-refractivity contribution in [1.29, 1.82) is 0 Å². The van der Waals surface area contributed by atoms with E-state index in [0.717, 1.165) is 6.07 Å². The molecule has 0 spiro atoms. The summed E-state index contributed by atoms with van der Waals surface area (Å²) in [5.74, 6) is -0.0209. The lowest BCUT2D eigenvalue weighted by atomic mass is 9.85. The van der Waals surface area contributed by atoms with Gasteiger partial charge in [0, 0.05) is 23.6 Å². The summed E-state index contributed by atoms with van der Waals surface area (Å²) in [4.78, 5) is 0. The Bertz CT molecular complexity index is 642. The summed E-state index contributed by atoms with van der Waals surface area (Å²) in [7, 11) is 0. The molecular formula is C15H14O5. The highest BCUT2D eigenvalue weighted by Gasteiger charge is 2.30. The first-order valence-electron chi connectivity index (χ1n) is 6.24. The summed E-state index contributed by atoms with van der Waals surface area (Å²) >= 11 is 0. The maximum absolute atomic E-state index is 10.4. The second-order valence-corrected chi connectivity index (χ2v) is 4.85. The molecule has 0 aromatic heterocycles. The van der Waals surface area contributed by atoms with E-state index >= 15 is 0 Å². The van der Waals surface area contributed by atoms with E-state index in [-0.39, 0.29) is 34.5 Å². The number of aliphatic hydroxyl groups excluding tert-OH is 2. The van der Waals surface area contributed by atoms with Crippen molar-refractivity contribution >= 4 is 0 Å². The minimum absolute atomic E-state index is 0.109. The average molecular weight is 274 g/mol. The summed E-state index contributed by atoms with van der Waals surface area (Å²) in [5, 5.41) is 39.0. The zero-order valence-corrected chi connectivity index (χ0v) is 10.5. The monoisotopic (exact) mass is 274 g/mol. The van der Waals surface area contributed by atoms with Crippen LogP contribution in [0.2, 0.25) is 0 Å². The standard InChI is InChI=1S/C15H14O5/c16-9-3-1-8(2-4-9)11-7-20-13-6-10(17)5-12(18)14(13)15(11)19/h1,3-8,15-19H,2H2. The van der Waals surface area contributed by atoms with E-state index in [1.54, 1.807) is 18.2 Å². The van der Waals surface area contributed by atoms with Crippen LogP contribution in [0.15, 0.2) is 48.0 Å². The topological polar surface area (TPSA) is 90.2 Å². The summed E-state index contributed by atoms with van der Waals surface area (Å²) in [6.07, 6.45) is 5.96. The van der Waals surface area contributed by atoms with Gasteiger partial charge in [0.05, 0.1) is 11.8 Å². The lowest BCUT2D eigenvalue weighted by molar-refractivity contribution is 0.182. The number of ether oxygens (including phenoxy) is 1. The number of hydrogen-bond donors (Lipinski definition) is 4. The van der Waals surface area contributed by atoms with Gasteiger partial charge in [-0.3, -0.25) is 0 Å². The zero-order valence-electron chi connectivity index (χ0n) is 10.5. The maximum Gasteiger partial charge on any atom is 0.140 e. The van der Waals surface area contributed by atoms with Crippen molar-refractivity contribution in [2.45, 2.75) is 12.5 Å². The largest absolute Gasteiger partial charge is 0.508 e. The molecular weight excluding hydrogens is 260 g/mol. The van der Waals surface area contributed by atoms with Crippen LogP contribution in [-0.2, 0) is 0 Å². The fraction of sp³-hybridized carbons (Fsp3) is 0.200. The number of allylic oxidation sites excluding steroid dienone is 3. The quantitative estimate of drug-likeness (QED) is 0.631. The second-order valence-electron chi connectivity index (χ2n) is 4.85. The van der Waals surface area contributed by atoms with Gasteiger partial charge in [-0.15, -0.1) is 0 Å². The molecule has 0 fully saturated rings. The fourth-order valence-electron chi connectivity index (χ4n) is 2.48. The average Bonchev–Trinajstić information content (AvgIpc) is 2.39. The molecule has 104 valence electrons. The maximum atomic E-state index is 10.4. The SMILES string of the molecule is OC1=CCC(C2=COc3cc(O)cc(O)c3C2O)C=C1. The van der Waals surface area contributed by atoms with Crippen molar-refractivity contribution < 1.29 is 25.2 Å². The van der Waals surface area contributed by atoms with Gasteiger partial charge < -0.3 is 25.2 Å². The lowest BCUT2D eigenvalue weighted by Crippen LogP contribution is -2.17. The van der Waals surface area contributed by atoms with Crippen LogP contribution in [0.25, 0.3) is 0 Å². The predicted molar refractivity (Wildman–Crippen MR) is 71.4 cm³/mol. The Morgan fingerprint density at radius 2 is 1.95 bits per heavy atom. The molecule has 2 aliphatic rings. The Hall–Kier alpha value is -2.40. The van der Waals surface area contributed by atoms with E-state index in [1.165, 1.54) is 12.3 Å². The fourth-order valence-corrected chi connectivity index (χ4v) is 2.48. The molecule has 1 aromatic rings. The minimum Gasteiger partial charge on any atom is -0.508 e. The van der Waals surface area contributed by atoms with Gasteiger partial charge >= 0.3 is 0 Å². The number of aliphatic hydroxyl groups is 2. The Labute approximate surface area is 115 Å². The van der Waals surface area contributed by atoms with E-state index in [4.69, 9.17) is 4.74 Å². The first kappa shape index (κ1) is 12.6. The number of hydrogen-bond acceptors (Lipinski definition) is 5. The second kappa shape index (κ2) is 4.61. The molecule has 0 radical (unpaired) electrons. The molecule has 0 saturated heterocycles. The first-order valence-corrected chi connectivity index (χ1v) is 6.24. The molecule has 1 aromatic carbocycles. The van der Waals surface area contributed by atoms with E-state index in [0.29, 0.717) is 12.0 Å². The minimum atomic E-state index is -1.01. The lowest BCUT2D eigenvalue weighted by Gasteiger charge is -2.28. The highest BCUT2D eigenvalue weighted by atomic mass is 16.5. The van der Waals surface area contributed by atoms with E-state index in [1.807, 2.05) is 0 Å². The van der Waals surface area contributed by atoms with Gasteiger partial charge in [0.2, 0.25) is 0 Å². The Morgan fingerprint density at radius 1 is 1.15 bits per heavy atom. The molecule has 1 heterocycles. The number of phenols is 2. The van der Waals surface area contributed by atoms with E-state index in [2.05, 4.69) is 0 Å². The van der Waals surface area contributed by atoms with Crippen molar-refractivity contribution in [3.05, 3.63) is 53.5 Å². The molecule has 2 unspecified atom stereocenters. The van der Waals surface area contributed by atoms with Crippen LogP contribution in [0.3, 0.4) is 0 Å².